The van der Waals surface area contributed by atoms with Gasteiger partial charge in [-0.15, -0.1) is 0 Å². The molecule has 10 nitrogen and oxygen atoms in total. The molecule has 0 aromatic heterocycles. The van der Waals surface area contributed by atoms with Crippen molar-refractivity contribution in [2.24, 2.45) is 0 Å². The molecular weight excluding hydrogens is 540 g/mol. The van der Waals surface area contributed by atoms with Gasteiger partial charge in [0.1, 0.15) is 5.75 Å². The lowest BCUT2D eigenvalue weighted by atomic mass is 10.1. The molecule has 0 bridgehead atoms. The standard InChI is InChI=1S/C27H32N4O6S2/c1-20-4-5-23(18-21(20)2)29-38(33,34)25-12-8-24(9-13-25)37-19-27(32)28-22-6-10-26(11-7-22)39(35,36)31-16-14-30(3)15-17-31/h4-13,18,29H,14-17,19H2,1-3H3,(H,28,32). The predicted octanol–water partition coefficient (Wildman–Crippen LogP) is 3.06. The molecule has 12 heteroatoms. The third-order valence-corrected chi connectivity index (χ3v) is 9.81. The number of nitrogens with zero attached hydrogens (tertiary/aromatic N) is 2. The number of likely N-dealkylation sites (N-methyl/N-ethyl adjacent to an activating group) is 1. The summed E-state index contributed by atoms with van der Waals surface area (Å²) in [5.41, 5.74) is 2.94. The van der Waals surface area contributed by atoms with E-state index in [2.05, 4.69) is 14.9 Å². The summed E-state index contributed by atoms with van der Waals surface area (Å²) in [6, 6.07) is 17.1. The third-order valence-electron chi connectivity index (χ3n) is 6.50. The lowest BCUT2D eigenvalue weighted by Crippen LogP contribution is -2.46. The Balaban J connectivity index is 1.30. The van der Waals surface area contributed by atoms with Gasteiger partial charge in [-0.25, -0.2) is 16.8 Å². The van der Waals surface area contributed by atoms with E-state index in [0.717, 1.165) is 11.1 Å². The number of piperazine rings is 1. The first kappa shape index (κ1) is 28.6. The van der Waals surface area contributed by atoms with Crippen LogP contribution in [0.25, 0.3) is 0 Å². The van der Waals surface area contributed by atoms with Crippen LogP contribution in [-0.2, 0) is 24.8 Å². The van der Waals surface area contributed by atoms with Gasteiger partial charge >= 0.3 is 0 Å². The highest BCUT2D eigenvalue weighted by Crippen LogP contribution is 2.22. The Hall–Kier alpha value is -3.45. The number of rotatable bonds is 9. The van der Waals surface area contributed by atoms with Crippen LogP contribution >= 0.6 is 0 Å². The summed E-state index contributed by atoms with van der Waals surface area (Å²) in [4.78, 5) is 14.7. The molecule has 1 saturated heterocycles. The fraction of sp³-hybridized carbons (Fsp3) is 0.296. The van der Waals surface area contributed by atoms with Gasteiger partial charge in [-0.05, 0) is 92.7 Å². The van der Waals surface area contributed by atoms with Gasteiger partial charge in [0.2, 0.25) is 10.0 Å². The molecule has 4 rings (SSSR count). The molecule has 0 unspecified atom stereocenters. The van der Waals surface area contributed by atoms with E-state index in [9.17, 15) is 21.6 Å². The zero-order valence-corrected chi connectivity index (χ0v) is 23.7. The largest absolute Gasteiger partial charge is 0.484 e. The lowest BCUT2D eigenvalue weighted by Gasteiger charge is -2.31. The number of hydrogen-bond donors (Lipinski definition) is 2. The molecule has 1 aliphatic rings. The van der Waals surface area contributed by atoms with Gasteiger partial charge in [0.25, 0.3) is 15.9 Å². The highest BCUT2D eigenvalue weighted by molar-refractivity contribution is 7.92. The minimum absolute atomic E-state index is 0.0594. The predicted molar refractivity (Wildman–Crippen MR) is 150 cm³/mol. The van der Waals surface area contributed by atoms with E-state index in [-0.39, 0.29) is 16.4 Å². The maximum Gasteiger partial charge on any atom is 0.262 e. The fourth-order valence-corrected chi connectivity index (χ4v) is 6.44. The molecule has 0 radical (unpaired) electrons. The average molecular weight is 573 g/mol. The minimum Gasteiger partial charge on any atom is -0.484 e. The Morgan fingerprint density at radius 2 is 1.38 bits per heavy atom. The zero-order chi connectivity index (χ0) is 28.2. The van der Waals surface area contributed by atoms with Crippen LogP contribution in [0.3, 0.4) is 0 Å². The van der Waals surface area contributed by atoms with Gasteiger partial charge in [0.05, 0.1) is 9.79 Å². The summed E-state index contributed by atoms with van der Waals surface area (Å²) >= 11 is 0. The Labute approximate surface area is 229 Å². The Bertz CT molecular complexity index is 1530. The van der Waals surface area contributed by atoms with Gasteiger partial charge in [-0.3, -0.25) is 9.52 Å². The number of sulfonamides is 2. The van der Waals surface area contributed by atoms with E-state index < -0.39 is 26.0 Å². The maximum absolute atomic E-state index is 12.8. The van der Waals surface area contributed by atoms with Gasteiger partial charge in [-0.2, -0.15) is 4.31 Å². The molecular formula is C27H32N4O6S2. The zero-order valence-electron chi connectivity index (χ0n) is 22.0. The van der Waals surface area contributed by atoms with Crippen molar-refractivity contribution in [3.63, 3.8) is 0 Å². The number of hydrogen-bond acceptors (Lipinski definition) is 7. The summed E-state index contributed by atoms with van der Waals surface area (Å²) in [6.07, 6.45) is 0. The van der Waals surface area contributed by atoms with Crippen LogP contribution in [-0.4, -0.2) is 71.8 Å². The van der Waals surface area contributed by atoms with E-state index in [0.29, 0.717) is 43.3 Å². The molecule has 1 heterocycles. The van der Waals surface area contributed by atoms with Crippen molar-refractivity contribution in [1.29, 1.82) is 0 Å². The SMILES string of the molecule is Cc1ccc(NS(=O)(=O)c2ccc(OCC(=O)Nc3ccc(S(=O)(=O)N4CCN(C)CC4)cc3)cc2)cc1C. The van der Waals surface area contributed by atoms with Gasteiger partial charge in [0.15, 0.2) is 6.61 Å². The molecule has 3 aromatic rings. The molecule has 208 valence electrons. The Kier molecular flexibility index (Phi) is 8.60. The van der Waals surface area contributed by atoms with E-state index >= 15 is 0 Å². The molecule has 1 aliphatic heterocycles. The van der Waals surface area contributed by atoms with Crippen LogP contribution < -0.4 is 14.8 Å². The smallest absolute Gasteiger partial charge is 0.262 e. The van der Waals surface area contributed by atoms with Crippen LogP contribution in [0.5, 0.6) is 5.75 Å². The normalized spacial score (nSPS) is 15.1. The van der Waals surface area contributed by atoms with Crippen molar-refractivity contribution in [2.45, 2.75) is 23.6 Å². The first-order chi connectivity index (χ1) is 18.4. The maximum atomic E-state index is 12.8. The molecule has 0 aliphatic carbocycles. The third kappa shape index (κ3) is 7.15. The van der Waals surface area contributed by atoms with Gasteiger partial charge in [0, 0.05) is 37.6 Å². The second-order valence-electron chi connectivity index (χ2n) is 9.44. The second-order valence-corrected chi connectivity index (χ2v) is 13.1. The van der Waals surface area contributed by atoms with Crippen LogP contribution in [0.1, 0.15) is 11.1 Å². The minimum atomic E-state index is -3.79. The van der Waals surface area contributed by atoms with Crippen LogP contribution in [0.4, 0.5) is 11.4 Å². The summed E-state index contributed by atoms with van der Waals surface area (Å²) in [5.74, 6) is -0.123. The molecule has 0 saturated carbocycles. The summed E-state index contributed by atoms with van der Waals surface area (Å²) in [5, 5.41) is 2.66. The molecule has 3 aromatic carbocycles. The average Bonchev–Trinajstić information content (AvgIpc) is 2.90. The molecule has 2 N–H and O–H groups in total. The first-order valence-corrected chi connectivity index (χ1v) is 15.3. The van der Waals surface area contributed by atoms with Crippen molar-refractivity contribution >= 4 is 37.3 Å². The Morgan fingerprint density at radius 1 is 0.795 bits per heavy atom. The topological polar surface area (TPSA) is 125 Å². The van der Waals surface area contributed by atoms with Crippen LogP contribution in [0.2, 0.25) is 0 Å². The number of carbonyl (C=O) groups excluding carboxylic acids is 1. The summed E-state index contributed by atoms with van der Waals surface area (Å²) in [7, 11) is -5.42. The number of nitrogens with one attached hydrogen (secondary N) is 2. The van der Waals surface area contributed by atoms with Crippen LogP contribution in [0.15, 0.2) is 76.5 Å². The van der Waals surface area contributed by atoms with Crippen LogP contribution in [0, 0.1) is 13.8 Å². The monoisotopic (exact) mass is 572 g/mol. The van der Waals surface area contributed by atoms with Crippen molar-refractivity contribution in [3.8, 4) is 5.75 Å². The molecule has 1 amide bonds. The quantitative estimate of drug-likeness (QED) is 0.404. The van der Waals surface area contributed by atoms with Crippen molar-refractivity contribution in [1.82, 2.24) is 9.21 Å². The molecule has 1 fully saturated rings. The second kappa shape index (κ2) is 11.7. The number of carbonyl (C=O) groups is 1. The number of amides is 1. The number of benzene rings is 3. The van der Waals surface area contributed by atoms with E-state index in [1.807, 2.05) is 27.0 Å². The fourth-order valence-electron chi connectivity index (χ4n) is 3.97. The van der Waals surface area contributed by atoms with Crippen molar-refractivity contribution < 1.29 is 26.4 Å². The van der Waals surface area contributed by atoms with Crippen molar-refractivity contribution in [2.75, 3.05) is 49.9 Å². The Morgan fingerprint density at radius 3 is 2.00 bits per heavy atom. The number of aryl methyl sites for hydroxylation is 2. The highest BCUT2D eigenvalue weighted by Gasteiger charge is 2.27. The molecule has 39 heavy (non-hydrogen) atoms. The van der Waals surface area contributed by atoms with Crippen molar-refractivity contribution in [3.05, 3.63) is 77.9 Å². The van der Waals surface area contributed by atoms with E-state index in [1.165, 1.54) is 52.8 Å². The van der Waals surface area contributed by atoms with E-state index in [4.69, 9.17) is 4.74 Å². The molecule has 0 spiro atoms. The molecule has 0 atom stereocenters. The number of ether oxygens (including phenoxy) is 1. The summed E-state index contributed by atoms with van der Waals surface area (Å²) in [6.45, 7) is 5.77. The first-order valence-electron chi connectivity index (χ1n) is 12.4. The van der Waals surface area contributed by atoms with Gasteiger partial charge in [-0.1, -0.05) is 6.07 Å². The lowest BCUT2D eigenvalue weighted by molar-refractivity contribution is -0.118. The van der Waals surface area contributed by atoms with E-state index in [1.54, 1.807) is 12.1 Å². The van der Waals surface area contributed by atoms with Gasteiger partial charge < -0.3 is 15.0 Å². The highest BCUT2D eigenvalue weighted by atomic mass is 32.2. The summed E-state index contributed by atoms with van der Waals surface area (Å²) < 4.78 is 60.6. The number of anilines is 2.